The van der Waals surface area contributed by atoms with E-state index in [-0.39, 0.29) is 11.7 Å². The highest BCUT2D eigenvalue weighted by Crippen LogP contribution is 2.20. The first-order valence-electron chi connectivity index (χ1n) is 6.05. The summed E-state index contributed by atoms with van der Waals surface area (Å²) in [6, 6.07) is 14.8. The molecule has 0 bridgehead atoms. The molecular weight excluding hydrogens is 238 g/mol. The molecule has 0 heterocycles. The van der Waals surface area contributed by atoms with Crippen LogP contribution in [0.5, 0.6) is 0 Å². The van der Waals surface area contributed by atoms with Crippen LogP contribution in [0.3, 0.4) is 0 Å². The number of hydrogen-bond donors (Lipinski definition) is 1. The van der Waals surface area contributed by atoms with Crippen LogP contribution in [0.15, 0.2) is 48.5 Å². The Morgan fingerprint density at radius 2 is 1.21 bits per heavy atom. The number of Topliss-reactive ketones (excluding diaryl/α,β-unsaturated/α-hetero) is 1. The fourth-order valence-electron chi connectivity index (χ4n) is 1.86. The van der Waals surface area contributed by atoms with Crippen LogP contribution in [-0.2, 0) is 0 Å². The largest absolute Gasteiger partial charge is 0.355 e. The van der Waals surface area contributed by atoms with Crippen molar-refractivity contribution >= 4 is 11.7 Å². The average molecular weight is 253 g/mol. The molecule has 0 aromatic heterocycles. The molecule has 2 aromatic carbocycles. The molecular formula is C16H15NO2. The summed E-state index contributed by atoms with van der Waals surface area (Å²) in [5.41, 5.74) is 3.37. The normalized spacial score (nSPS) is 10.0. The Morgan fingerprint density at radius 3 is 1.58 bits per heavy atom. The zero-order chi connectivity index (χ0) is 13.8. The molecule has 0 atom stereocenters. The van der Waals surface area contributed by atoms with Crippen molar-refractivity contribution in [2.24, 2.45) is 0 Å². The van der Waals surface area contributed by atoms with Gasteiger partial charge in [-0.05, 0) is 30.2 Å². The number of ketones is 1. The standard InChI is InChI=1S/C16H15NO2/c1-11(18)12-3-5-13(6-4-12)14-7-9-15(10-8-14)16(19)17-2/h3-10H,1-2H3,(H,17,19). The summed E-state index contributed by atoms with van der Waals surface area (Å²) >= 11 is 0. The van der Waals surface area contributed by atoms with Crippen LogP contribution in [-0.4, -0.2) is 18.7 Å². The van der Waals surface area contributed by atoms with E-state index in [1.54, 1.807) is 26.1 Å². The van der Waals surface area contributed by atoms with Gasteiger partial charge in [-0.2, -0.15) is 0 Å². The van der Waals surface area contributed by atoms with Crippen molar-refractivity contribution in [3.8, 4) is 11.1 Å². The molecule has 0 aliphatic rings. The zero-order valence-corrected chi connectivity index (χ0v) is 10.9. The highest BCUT2D eigenvalue weighted by Gasteiger charge is 2.04. The minimum absolute atomic E-state index is 0.0570. The Balaban J connectivity index is 2.27. The Kier molecular flexibility index (Phi) is 3.76. The van der Waals surface area contributed by atoms with Gasteiger partial charge in [0, 0.05) is 18.2 Å². The van der Waals surface area contributed by atoms with Gasteiger partial charge in [-0.15, -0.1) is 0 Å². The molecule has 0 saturated heterocycles. The van der Waals surface area contributed by atoms with Gasteiger partial charge in [0.15, 0.2) is 5.78 Å². The molecule has 2 aromatic rings. The quantitative estimate of drug-likeness (QED) is 0.855. The molecule has 3 nitrogen and oxygen atoms in total. The molecule has 0 spiro atoms. The summed E-state index contributed by atoms with van der Waals surface area (Å²) in [5, 5.41) is 2.58. The number of rotatable bonds is 3. The van der Waals surface area contributed by atoms with E-state index in [9.17, 15) is 9.59 Å². The van der Waals surface area contributed by atoms with Gasteiger partial charge < -0.3 is 5.32 Å². The molecule has 3 heteroatoms. The molecule has 0 aliphatic carbocycles. The van der Waals surface area contributed by atoms with Gasteiger partial charge in [0.2, 0.25) is 0 Å². The lowest BCUT2D eigenvalue weighted by molar-refractivity contribution is 0.0962. The van der Waals surface area contributed by atoms with Crippen LogP contribution < -0.4 is 5.32 Å². The summed E-state index contributed by atoms with van der Waals surface area (Å²) in [7, 11) is 1.61. The molecule has 0 radical (unpaired) electrons. The minimum atomic E-state index is -0.0986. The lowest BCUT2D eigenvalue weighted by atomic mass is 10.0. The summed E-state index contributed by atoms with van der Waals surface area (Å²) < 4.78 is 0. The molecule has 96 valence electrons. The van der Waals surface area contributed by atoms with E-state index in [0.717, 1.165) is 11.1 Å². The van der Waals surface area contributed by atoms with Crippen molar-refractivity contribution in [3.05, 3.63) is 59.7 Å². The number of amides is 1. The monoisotopic (exact) mass is 253 g/mol. The molecule has 0 aliphatic heterocycles. The predicted octanol–water partition coefficient (Wildman–Crippen LogP) is 2.92. The second-order valence-corrected chi connectivity index (χ2v) is 4.29. The second-order valence-electron chi connectivity index (χ2n) is 4.29. The summed E-state index contributed by atoms with van der Waals surface area (Å²) in [6.45, 7) is 1.55. The van der Waals surface area contributed by atoms with Gasteiger partial charge in [0.25, 0.3) is 5.91 Å². The van der Waals surface area contributed by atoms with E-state index in [4.69, 9.17) is 0 Å². The molecule has 1 amide bonds. The lowest BCUT2D eigenvalue weighted by Crippen LogP contribution is -2.17. The highest BCUT2D eigenvalue weighted by molar-refractivity contribution is 5.95. The molecule has 0 unspecified atom stereocenters. The van der Waals surface area contributed by atoms with E-state index >= 15 is 0 Å². The van der Waals surface area contributed by atoms with Crippen molar-refractivity contribution in [1.82, 2.24) is 5.32 Å². The van der Waals surface area contributed by atoms with Gasteiger partial charge >= 0.3 is 0 Å². The van der Waals surface area contributed by atoms with E-state index in [1.807, 2.05) is 36.4 Å². The number of carbonyl (C=O) groups is 2. The smallest absolute Gasteiger partial charge is 0.251 e. The zero-order valence-electron chi connectivity index (χ0n) is 10.9. The fraction of sp³-hybridized carbons (Fsp3) is 0.125. The van der Waals surface area contributed by atoms with Crippen LogP contribution >= 0.6 is 0 Å². The average Bonchev–Trinajstić information content (AvgIpc) is 2.46. The van der Waals surface area contributed by atoms with Crippen LogP contribution in [0.2, 0.25) is 0 Å². The van der Waals surface area contributed by atoms with E-state index in [2.05, 4.69) is 5.32 Å². The van der Waals surface area contributed by atoms with Crippen LogP contribution in [0.1, 0.15) is 27.6 Å². The van der Waals surface area contributed by atoms with Gasteiger partial charge in [-0.25, -0.2) is 0 Å². The Labute approximate surface area is 112 Å². The minimum Gasteiger partial charge on any atom is -0.355 e. The van der Waals surface area contributed by atoms with Crippen molar-refractivity contribution < 1.29 is 9.59 Å². The van der Waals surface area contributed by atoms with E-state index in [1.165, 1.54) is 0 Å². The van der Waals surface area contributed by atoms with Crippen molar-refractivity contribution in [1.29, 1.82) is 0 Å². The van der Waals surface area contributed by atoms with Gasteiger partial charge in [0.1, 0.15) is 0 Å². The third-order valence-electron chi connectivity index (χ3n) is 3.00. The van der Waals surface area contributed by atoms with Gasteiger partial charge in [-0.3, -0.25) is 9.59 Å². The Bertz CT molecular complexity index is 598. The van der Waals surface area contributed by atoms with E-state index in [0.29, 0.717) is 11.1 Å². The first-order valence-corrected chi connectivity index (χ1v) is 6.05. The maximum Gasteiger partial charge on any atom is 0.251 e. The van der Waals surface area contributed by atoms with Crippen LogP contribution in [0, 0.1) is 0 Å². The first kappa shape index (κ1) is 13.0. The van der Waals surface area contributed by atoms with Crippen LogP contribution in [0.4, 0.5) is 0 Å². The summed E-state index contributed by atoms with van der Waals surface area (Å²) in [6.07, 6.45) is 0. The Morgan fingerprint density at radius 1 is 0.789 bits per heavy atom. The third kappa shape index (κ3) is 2.88. The maximum absolute atomic E-state index is 11.4. The summed E-state index contributed by atoms with van der Waals surface area (Å²) in [5.74, 6) is -0.0417. The van der Waals surface area contributed by atoms with Crippen molar-refractivity contribution in [3.63, 3.8) is 0 Å². The molecule has 19 heavy (non-hydrogen) atoms. The fourth-order valence-corrected chi connectivity index (χ4v) is 1.86. The molecule has 2 rings (SSSR count). The number of carbonyl (C=O) groups excluding carboxylic acids is 2. The van der Waals surface area contributed by atoms with Crippen molar-refractivity contribution in [2.45, 2.75) is 6.92 Å². The predicted molar refractivity (Wildman–Crippen MR) is 75.3 cm³/mol. The summed E-state index contributed by atoms with van der Waals surface area (Å²) in [4.78, 5) is 22.6. The lowest BCUT2D eigenvalue weighted by Gasteiger charge is -2.04. The number of hydrogen-bond acceptors (Lipinski definition) is 2. The Hall–Kier alpha value is -2.42. The topological polar surface area (TPSA) is 46.2 Å². The van der Waals surface area contributed by atoms with E-state index < -0.39 is 0 Å². The number of nitrogens with one attached hydrogen (secondary N) is 1. The number of benzene rings is 2. The van der Waals surface area contributed by atoms with Crippen molar-refractivity contribution in [2.75, 3.05) is 7.05 Å². The third-order valence-corrected chi connectivity index (χ3v) is 3.00. The van der Waals surface area contributed by atoms with Gasteiger partial charge in [0.05, 0.1) is 0 Å². The molecule has 0 fully saturated rings. The maximum atomic E-state index is 11.4. The molecule has 1 N–H and O–H groups in total. The van der Waals surface area contributed by atoms with Crippen LogP contribution in [0.25, 0.3) is 11.1 Å². The highest BCUT2D eigenvalue weighted by atomic mass is 16.1. The van der Waals surface area contributed by atoms with Gasteiger partial charge in [-0.1, -0.05) is 36.4 Å². The second kappa shape index (κ2) is 5.48. The first-order chi connectivity index (χ1) is 9.11. The molecule has 0 saturated carbocycles. The SMILES string of the molecule is CNC(=O)c1ccc(-c2ccc(C(C)=O)cc2)cc1.